The fourth-order valence-electron chi connectivity index (χ4n) is 3.96. The molecule has 1 aromatic carbocycles. The molecule has 1 saturated carbocycles. The number of para-hydroxylation sites is 1. The SMILES string of the molecule is COc1ccccc1C1CCCN1C(=O)[C@@H]1CC[C@H](C(=O)O)C1. The number of hydrogen-bond donors (Lipinski definition) is 1. The van der Waals surface area contributed by atoms with Crippen LogP contribution in [0.1, 0.15) is 43.7 Å². The summed E-state index contributed by atoms with van der Waals surface area (Å²) in [6.45, 7) is 0.746. The molecule has 0 aromatic heterocycles. The van der Waals surface area contributed by atoms with Gasteiger partial charge in [0, 0.05) is 18.0 Å². The Morgan fingerprint density at radius 2 is 1.91 bits per heavy atom. The summed E-state index contributed by atoms with van der Waals surface area (Å²) in [4.78, 5) is 25.9. The first-order valence-corrected chi connectivity index (χ1v) is 8.28. The van der Waals surface area contributed by atoms with Gasteiger partial charge in [-0.2, -0.15) is 0 Å². The molecule has 1 aliphatic heterocycles. The van der Waals surface area contributed by atoms with E-state index < -0.39 is 5.97 Å². The maximum absolute atomic E-state index is 12.9. The van der Waals surface area contributed by atoms with Gasteiger partial charge >= 0.3 is 5.97 Å². The van der Waals surface area contributed by atoms with Crippen molar-refractivity contribution in [2.75, 3.05) is 13.7 Å². The van der Waals surface area contributed by atoms with Gasteiger partial charge in [0.1, 0.15) is 5.75 Å². The van der Waals surface area contributed by atoms with Gasteiger partial charge < -0.3 is 14.7 Å². The van der Waals surface area contributed by atoms with E-state index in [1.54, 1.807) is 7.11 Å². The minimum Gasteiger partial charge on any atom is -0.496 e. The van der Waals surface area contributed by atoms with Gasteiger partial charge in [-0.25, -0.2) is 0 Å². The molecule has 23 heavy (non-hydrogen) atoms. The van der Waals surface area contributed by atoms with Gasteiger partial charge in [-0.05, 0) is 38.2 Å². The smallest absolute Gasteiger partial charge is 0.306 e. The third kappa shape index (κ3) is 3.05. The lowest BCUT2D eigenvalue weighted by Gasteiger charge is -2.28. The van der Waals surface area contributed by atoms with Crippen LogP contribution in [0.5, 0.6) is 5.75 Å². The molecule has 1 amide bonds. The van der Waals surface area contributed by atoms with Crippen molar-refractivity contribution in [2.24, 2.45) is 11.8 Å². The molecular weight excluding hydrogens is 294 g/mol. The number of nitrogens with zero attached hydrogens (tertiary/aromatic N) is 1. The largest absolute Gasteiger partial charge is 0.496 e. The molecule has 1 N–H and O–H groups in total. The van der Waals surface area contributed by atoms with Gasteiger partial charge in [0.2, 0.25) is 5.91 Å². The summed E-state index contributed by atoms with van der Waals surface area (Å²) in [6.07, 6.45) is 3.68. The second-order valence-corrected chi connectivity index (χ2v) is 6.48. The molecule has 1 saturated heterocycles. The quantitative estimate of drug-likeness (QED) is 0.927. The van der Waals surface area contributed by atoms with E-state index in [2.05, 4.69) is 0 Å². The highest BCUT2D eigenvalue weighted by Crippen LogP contribution is 2.40. The second kappa shape index (κ2) is 6.60. The predicted octanol–water partition coefficient (Wildman–Crippen LogP) is 2.86. The summed E-state index contributed by atoms with van der Waals surface area (Å²) in [6, 6.07) is 7.88. The number of carboxylic acids is 1. The first kappa shape index (κ1) is 15.8. The van der Waals surface area contributed by atoms with Crippen LogP contribution >= 0.6 is 0 Å². The van der Waals surface area contributed by atoms with Crippen LogP contribution in [0.15, 0.2) is 24.3 Å². The molecule has 5 nitrogen and oxygen atoms in total. The number of carboxylic acid groups (broad SMARTS) is 1. The molecule has 1 unspecified atom stereocenters. The number of aliphatic carboxylic acids is 1. The zero-order valence-corrected chi connectivity index (χ0v) is 13.4. The third-order valence-corrected chi connectivity index (χ3v) is 5.16. The molecule has 3 atom stereocenters. The van der Waals surface area contributed by atoms with Crippen molar-refractivity contribution in [3.8, 4) is 5.75 Å². The summed E-state index contributed by atoms with van der Waals surface area (Å²) in [5.41, 5.74) is 1.05. The highest BCUT2D eigenvalue weighted by molar-refractivity contribution is 5.81. The number of carbonyl (C=O) groups excluding carboxylic acids is 1. The Morgan fingerprint density at radius 1 is 1.17 bits per heavy atom. The van der Waals surface area contributed by atoms with Crippen molar-refractivity contribution in [2.45, 2.75) is 38.1 Å². The van der Waals surface area contributed by atoms with E-state index in [9.17, 15) is 9.59 Å². The highest BCUT2D eigenvalue weighted by atomic mass is 16.5. The van der Waals surface area contributed by atoms with Crippen molar-refractivity contribution >= 4 is 11.9 Å². The van der Waals surface area contributed by atoms with Gasteiger partial charge in [0.05, 0.1) is 19.1 Å². The van der Waals surface area contributed by atoms with E-state index in [1.165, 1.54) is 0 Å². The van der Waals surface area contributed by atoms with Gasteiger partial charge in [0.25, 0.3) is 0 Å². The van der Waals surface area contributed by atoms with Crippen LogP contribution in [0.25, 0.3) is 0 Å². The average Bonchev–Trinajstić information content (AvgIpc) is 3.23. The molecule has 3 rings (SSSR count). The molecule has 1 aromatic rings. The maximum atomic E-state index is 12.9. The first-order valence-electron chi connectivity index (χ1n) is 8.28. The monoisotopic (exact) mass is 317 g/mol. The number of likely N-dealkylation sites (tertiary alicyclic amines) is 1. The van der Waals surface area contributed by atoms with E-state index in [-0.39, 0.29) is 23.8 Å². The Bertz CT molecular complexity index is 600. The van der Waals surface area contributed by atoms with Crippen LogP contribution in [0.4, 0.5) is 0 Å². The summed E-state index contributed by atoms with van der Waals surface area (Å²) >= 11 is 0. The fourth-order valence-corrected chi connectivity index (χ4v) is 3.96. The van der Waals surface area contributed by atoms with Gasteiger partial charge in [-0.1, -0.05) is 18.2 Å². The minimum atomic E-state index is -0.775. The summed E-state index contributed by atoms with van der Waals surface area (Å²) < 4.78 is 5.44. The number of hydrogen-bond acceptors (Lipinski definition) is 3. The van der Waals surface area contributed by atoms with Crippen LogP contribution in [0, 0.1) is 11.8 Å². The lowest BCUT2D eigenvalue weighted by atomic mass is 10.00. The number of methoxy groups -OCH3 is 1. The van der Waals surface area contributed by atoms with Crippen molar-refractivity contribution in [1.29, 1.82) is 0 Å². The molecule has 1 heterocycles. The van der Waals surface area contributed by atoms with Crippen LogP contribution < -0.4 is 4.74 Å². The maximum Gasteiger partial charge on any atom is 0.306 e. The molecule has 2 aliphatic rings. The van der Waals surface area contributed by atoms with E-state index in [0.717, 1.165) is 30.7 Å². The molecule has 2 fully saturated rings. The Morgan fingerprint density at radius 3 is 2.61 bits per heavy atom. The summed E-state index contributed by atoms with van der Waals surface area (Å²) in [5.74, 6) is -0.361. The first-order chi connectivity index (χ1) is 11.1. The van der Waals surface area contributed by atoms with E-state index in [4.69, 9.17) is 9.84 Å². The van der Waals surface area contributed by atoms with Crippen molar-refractivity contribution in [3.63, 3.8) is 0 Å². The molecule has 0 bridgehead atoms. The van der Waals surface area contributed by atoms with Crippen LogP contribution in [0.2, 0.25) is 0 Å². The van der Waals surface area contributed by atoms with Crippen molar-refractivity contribution in [3.05, 3.63) is 29.8 Å². The molecular formula is C18H23NO4. The Labute approximate surface area is 136 Å². The molecule has 1 aliphatic carbocycles. The highest BCUT2D eigenvalue weighted by Gasteiger charge is 2.39. The Kier molecular flexibility index (Phi) is 4.55. The number of ether oxygens (including phenoxy) is 1. The predicted molar refractivity (Wildman–Crippen MR) is 85.1 cm³/mol. The third-order valence-electron chi connectivity index (χ3n) is 5.16. The molecule has 5 heteroatoms. The van der Waals surface area contributed by atoms with Crippen molar-refractivity contribution < 1.29 is 19.4 Å². The minimum absolute atomic E-state index is 0.0440. The summed E-state index contributed by atoms with van der Waals surface area (Å²) in [7, 11) is 1.65. The fraction of sp³-hybridized carbons (Fsp3) is 0.556. The normalized spacial score (nSPS) is 27.2. The zero-order valence-electron chi connectivity index (χ0n) is 13.4. The number of benzene rings is 1. The van der Waals surface area contributed by atoms with Gasteiger partial charge in [0.15, 0.2) is 0 Å². The molecule has 0 radical (unpaired) electrons. The van der Waals surface area contributed by atoms with E-state index in [0.29, 0.717) is 19.3 Å². The topological polar surface area (TPSA) is 66.8 Å². The summed E-state index contributed by atoms with van der Waals surface area (Å²) in [5, 5.41) is 9.14. The van der Waals surface area contributed by atoms with Crippen LogP contribution in [-0.2, 0) is 9.59 Å². The van der Waals surface area contributed by atoms with Crippen LogP contribution in [-0.4, -0.2) is 35.5 Å². The number of rotatable bonds is 4. The average molecular weight is 317 g/mol. The second-order valence-electron chi connectivity index (χ2n) is 6.48. The van der Waals surface area contributed by atoms with Crippen molar-refractivity contribution in [1.82, 2.24) is 4.90 Å². The molecule has 0 spiro atoms. The van der Waals surface area contributed by atoms with Gasteiger partial charge in [-0.3, -0.25) is 9.59 Å². The Balaban J connectivity index is 1.77. The number of carbonyl (C=O) groups is 2. The zero-order chi connectivity index (χ0) is 16.4. The van der Waals surface area contributed by atoms with Gasteiger partial charge in [-0.15, -0.1) is 0 Å². The Hall–Kier alpha value is -2.04. The van der Waals surface area contributed by atoms with E-state index in [1.807, 2.05) is 29.2 Å². The lowest BCUT2D eigenvalue weighted by molar-refractivity contribution is -0.141. The molecule has 124 valence electrons. The number of amides is 1. The lowest BCUT2D eigenvalue weighted by Crippen LogP contribution is -2.35. The van der Waals surface area contributed by atoms with Crippen LogP contribution in [0.3, 0.4) is 0 Å². The standard InChI is InChI=1S/C18H23NO4/c1-23-16-7-3-2-5-14(16)15-6-4-10-19(15)17(20)12-8-9-13(11-12)18(21)22/h2-3,5,7,12-13,15H,4,6,8-11H2,1H3,(H,21,22)/t12-,13+,15?/m1/s1. The van der Waals surface area contributed by atoms with E-state index >= 15 is 0 Å².